The quantitative estimate of drug-likeness (QED) is 0.260. The van der Waals surface area contributed by atoms with Crippen molar-refractivity contribution in [1.82, 2.24) is 0 Å². The maximum Gasteiger partial charge on any atom is 0.196 e. The van der Waals surface area contributed by atoms with Crippen molar-refractivity contribution in [3.05, 3.63) is 0 Å². The number of aliphatic hydroxyl groups is 2. The van der Waals surface area contributed by atoms with E-state index < -0.39 is 16.6 Å². The van der Waals surface area contributed by atoms with Crippen molar-refractivity contribution in [1.29, 1.82) is 0 Å². The minimum Gasteiger partial charge on any atom is -0.431 e. The van der Waals surface area contributed by atoms with Gasteiger partial charge in [0.15, 0.2) is 16.6 Å². The Hall–Kier alpha value is 0.988. The molecule has 0 bridgehead atoms. The maximum absolute atomic E-state index is 10.4. The van der Waals surface area contributed by atoms with Crippen molar-refractivity contribution in [2.45, 2.75) is 143 Å². The van der Waals surface area contributed by atoms with E-state index in [0.717, 1.165) is 12.8 Å². The average molecular weight is 517 g/mol. The summed E-state index contributed by atoms with van der Waals surface area (Å²) in [5.74, 6) is 0. The Morgan fingerprint density at radius 3 is 0.548 bits per heavy atom. The third-order valence-electron chi connectivity index (χ3n) is 6.00. The molecule has 0 aliphatic carbocycles. The predicted molar refractivity (Wildman–Crippen MR) is 141 cm³/mol. The van der Waals surface area contributed by atoms with Gasteiger partial charge >= 0.3 is 0 Å². The van der Waals surface area contributed by atoms with Crippen LogP contribution in [0.25, 0.3) is 0 Å². The zero-order chi connectivity index (χ0) is 25.3. The van der Waals surface area contributed by atoms with Gasteiger partial charge in [-0.15, -0.1) is 0 Å². The van der Waals surface area contributed by atoms with Crippen molar-refractivity contribution in [2.24, 2.45) is 0 Å². The normalized spacial score (nSPS) is 11.6. The molecule has 0 aromatic carbocycles. The van der Waals surface area contributed by atoms with E-state index in [1.54, 1.807) is 0 Å². The van der Waals surface area contributed by atoms with Crippen molar-refractivity contribution < 1.29 is 41.5 Å². The molecule has 4 N–H and O–H groups in total. The molecular formula is C24H60O4Si2Ti. The molecule has 4 nitrogen and oxygen atoms in total. The molecule has 0 aliphatic rings. The summed E-state index contributed by atoms with van der Waals surface area (Å²) in [6.07, 6.45) is 1.75. The van der Waals surface area contributed by atoms with Gasteiger partial charge in [0.05, 0.1) is 0 Å². The Bertz CT molecular complexity index is 282. The molecule has 0 atom stereocenters. The molecule has 0 saturated carbocycles. The van der Waals surface area contributed by atoms with Gasteiger partial charge < -0.3 is 19.8 Å². The van der Waals surface area contributed by atoms with E-state index in [1.807, 2.05) is 13.8 Å². The van der Waals surface area contributed by atoms with Gasteiger partial charge in [0.25, 0.3) is 0 Å². The first-order valence-corrected chi connectivity index (χ1v) is 16.5. The Morgan fingerprint density at radius 2 is 0.548 bits per heavy atom. The van der Waals surface area contributed by atoms with Gasteiger partial charge in [-0.25, -0.2) is 0 Å². The molecule has 0 rings (SSSR count). The van der Waals surface area contributed by atoms with Crippen LogP contribution in [-0.4, -0.2) is 49.7 Å². The molecular weight excluding hydrogens is 456 g/mol. The molecule has 31 heavy (non-hydrogen) atoms. The molecule has 0 aliphatic heterocycles. The molecule has 0 aromatic heterocycles. The Labute approximate surface area is 213 Å². The van der Waals surface area contributed by atoms with Crippen LogP contribution >= 0.6 is 0 Å². The minimum atomic E-state index is -1.98. The second-order valence-electron chi connectivity index (χ2n) is 10.2. The number of hydrogen-bond donors (Lipinski definition) is 4. The molecule has 0 unspecified atom stereocenters. The monoisotopic (exact) mass is 516 g/mol. The predicted octanol–water partition coefficient (Wildman–Crippen LogP) is 7.08. The molecule has 0 spiro atoms. The maximum atomic E-state index is 10.4. The largest absolute Gasteiger partial charge is 0.431 e. The fourth-order valence-electron chi connectivity index (χ4n) is 4.00. The smallest absolute Gasteiger partial charge is 0.196 e. The fourth-order valence-corrected chi connectivity index (χ4v) is 12.0. The van der Waals surface area contributed by atoms with Gasteiger partial charge in [0.2, 0.25) is 0 Å². The third-order valence-corrected chi connectivity index (χ3v) is 17.1. The summed E-state index contributed by atoms with van der Waals surface area (Å²) in [5, 5.41) is 15.8. The van der Waals surface area contributed by atoms with Crippen LogP contribution in [0.4, 0.5) is 0 Å². The summed E-state index contributed by atoms with van der Waals surface area (Å²) in [6, 6.07) is 0. The van der Waals surface area contributed by atoms with E-state index in [9.17, 15) is 9.59 Å². The summed E-state index contributed by atoms with van der Waals surface area (Å²) in [6.45, 7) is 30.2. The zero-order valence-corrected chi connectivity index (χ0v) is 27.1. The summed E-state index contributed by atoms with van der Waals surface area (Å²) in [5.41, 5.74) is 2.85. The van der Waals surface area contributed by atoms with E-state index in [1.165, 1.54) is 0 Å². The molecule has 192 valence electrons. The number of aliphatic hydroxyl groups excluding tert-OH is 2. The van der Waals surface area contributed by atoms with Crippen LogP contribution in [0.3, 0.4) is 0 Å². The molecule has 0 aromatic rings. The van der Waals surface area contributed by atoms with E-state index >= 15 is 0 Å². The van der Waals surface area contributed by atoms with Crippen molar-refractivity contribution >= 4 is 16.6 Å². The molecule has 0 heterocycles. The van der Waals surface area contributed by atoms with Gasteiger partial charge in [-0.05, 0) is 46.1 Å². The van der Waals surface area contributed by atoms with Crippen LogP contribution in [0.2, 0.25) is 33.2 Å². The Morgan fingerprint density at radius 1 is 0.452 bits per heavy atom. The summed E-state index contributed by atoms with van der Waals surface area (Å²) in [7, 11) is -3.96. The first kappa shape index (κ1) is 42.2. The first-order valence-electron chi connectivity index (χ1n) is 12.2. The zero-order valence-electron chi connectivity index (χ0n) is 23.6. The molecule has 7 heteroatoms. The van der Waals surface area contributed by atoms with Crippen molar-refractivity contribution in [3.63, 3.8) is 0 Å². The molecule has 0 amide bonds. The van der Waals surface area contributed by atoms with Gasteiger partial charge in [-0.3, -0.25) is 0 Å². The van der Waals surface area contributed by atoms with E-state index in [2.05, 4.69) is 83.1 Å². The van der Waals surface area contributed by atoms with Crippen LogP contribution in [-0.2, 0) is 21.7 Å². The van der Waals surface area contributed by atoms with Crippen LogP contribution in [0.15, 0.2) is 0 Å². The van der Waals surface area contributed by atoms with Gasteiger partial charge in [-0.2, -0.15) is 0 Å². The van der Waals surface area contributed by atoms with Gasteiger partial charge in [0, 0.05) is 34.9 Å². The van der Waals surface area contributed by atoms with Gasteiger partial charge in [0.1, 0.15) is 0 Å². The molecule has 0 saturated heterocycles. The number of hydrogen-bond acceptors (Lipinski definition) is 4. The number of rotatable bonds is 8. The summed E-state index contributed by atoms with van der Waals surface area (Å²) >= 11 is 0. The second-order valence-corrected chi connectivity index (χ2v) is 20.6. The Balaban J connectivity index is -0.000000106. The van der Waals surface area contributed by atoms with Crippen molar-refractivity contribution in [2.75, 3.05) is 13.2 Å². The van der Waals surface area contributed by atoms with Crippen LogP contribution in [0.1, 0.15) is 110 Å². The van der Waals surface area contributed by atoms with Gasteiger partial charge in [-0.1, -0.05) is 96.9 Å². The van der Waals surface area contributed by atoms with Crippen LogP contribution in [0.5, 0.6) is 0 Å². The van der Waals surface area contributed by atoms with E-state index in [0.29, 0.717) is 46.5 Å². The van der Waals surface area contributed by atoms with Crippen LogP contribution < -0.4 is 0 Å². The van der Waals surface area contributed by atoms with Crippen molar-refractivity contribution in [3.8, 4) is 0 Å². The van der Waals surface area contributed by atoms with E-state index in [4.69, 9.17) is 10.2 Å². The third kappa shape index (κ3) is 17.1. The van der Waals surface area contributed by atoms with E-state index in [-0.39, 0.29) is 21.7 Å². The second kappa shape index (κ2) is 22.8. The topological polar surface area (TPSA) is 80.9 Å². The van der Waals surface area contributed by atoms with Crippen LogP contribution in [0, 0.1) is 0 Å². The Kier molecular flexibility index (Phi) is 31.0. The fraction of sp³-hybridized carbons (Fsp3) is 1.00. The minimum absolute atomic E-state index is 0. The molecule has 0 radical (unpaired) electrons. The first-order chi connectivity index (χ1) is 13.5. The summed E-state index contributed by atoms with van der Waals surface area (Å²) in [4.78, 5) is 20.8. The summed E-state index contributed by atoms with van der Waals surface area (Å²) < 4.78 is 0. The molecule has 0 fully saturated rings. The SMILES string of the molecule is CC(C)[Si](O)(C(C)C)C(C)C.CC(C)[Si](O)(C(C)C)C(C)C.CCCO.CCCO.[Ti]. The average Bonchev–Trinajstić information content (AvgIpc) is 2.66. The standard InChI is InChI=1S/2C9H22OSi.2C3H8O.Ti/c2*1-7(2)11(10,8(3)4)9(5)6;2*1-2-3-4;/h2*7-10H,1-6H3;2*4H,2-3H2,1H3;.